The van der Waals surface area contributed by atoms with E-state index in [1.807, 2.05) is 6.92 Å². The molecule has 0 aliphatic heterocycles. The van der Waals surface area contributed by atoms with Gasteiger partial charge in [0.2, 0.25) is 0 Å². The predicted octanol–water partition coefficient (Wildman–Crippen LogP) is 1.34. The minimum Gasteiger partial charge on any atom is -0.462 e. The van der Waals surface area contributed by atoms with Crippen molar-refractivity contribution < 1.29 is 19.0 Å². The highest BCUT2D eigenvalue weighted by atomic mass is 16.7. The molecule has 0 bridgehead atoms. The molecule has 0 radical (unpaired) electrons. The highest BCUT2D eigenvalue weighted by Gasteiger charge is 2.18. The molecular formula is C9H18O4. The smallest absolute Gasteiger partial charge is 0.363 e. The third-order valence-corrected chi connectivity index (χ3v) is 1.47. The normalized spacial score (nSPS) is 12.5. The fraction of sp³-hybridized carbons (Fsp3) is 0.889. The van der Waals surface area contributed by atoms with E-state index in [0.29, 0.717) is 13.2 Å². The first kappa shape index (κ1) is 12.4. The maximum atomic E-state index is 11.2. The first-order chi connectivity index (χ1) is 6.26. The number of hydrogen-bond acceptors (Lipinski definition) is 4. The number of methoxy groups -OCH3 is 1. The van der Waals surface area contributed by atoms with Crippen LogP contribution in [0.2, 0.25) is 0 Å². The summed E-state index contributed by atoms with van der Waals surface area (Å²) in [5.41, 5.74) is 0. The van der Waals surface area contributed by atoms with Gasteiger partial charge in [-0.25, -0.2) is 4.79 Å². The summed E-state index contributed by atoms with van der Waals surface area (Å²) in [5, 5.41) is 0. The van der Waals surface area contributed by atoms with Crippen LogP contribution in [0.4, 0.5) is 0 Å². The summed E-state index contributed by atoms with van der Waals surface area (Å²) in [5.74, 6) is -0.446. The van der Waals surface area contributed by atoms with E-state index < -0.39 is 12.3 Å². The van der Waals surface area contributed by atoms with Gasteiger partial charge in [0.05, 0.1) is 6.61 Å². The van der Waals surface area contributed by atoms with Crippen molar-refractivity contribution in [3.63, 3.8) is 0 Å². The van der Waals surface area contributed by atoms with Gasteiger partial charge in [0.15, 0.2) is 0 Å². The number of esters is 1. The summed E-state index contributed by atoms with van der Waals surface area (Å²) in [6, 6.07) is 0. The number of ether oxygens (including phenoxy) is 3. The monoisotopic (exact) mass is 190 g/mol. The molecule has 4 heteroatoms. The molecule has 0 saturated carbocycles. The second kappa shape index (κ2) is 8.01. The SMILES string of the molecule is CCCCOC(=O)C(OC)OCC. The lowest BCUT2D eigenvalue weighted by Crippen LogP contribution is -2.28. The molecule has 0 saturated heterocycles. The van der Waals surface area contributed by atoms with Crippen molar-refractivity contribution in [2.75, 3.05) is 20.3 Å². The van der Waals surface area contributed by atoms with Gasteiger partial charge >= 0.3 is 5.97 Å². The highest BCUT2D eigenvalue weighted by Crippen LogP contribution is 1.98. The Morgan fingerprint density at radius 3 is 2.54 bits per heavy atom. The summed E-state index contributed by atoms with van der Waals surface area (Å²) >= 11 is 0. The Morgan fingerprint density at radius 1 is 1.38 bits per heavy atom. The Morgan fingerprint density at radius 2 is 2.08 bits per heavy atom. The Balaban J connectivity index is 3.64. The van der Waals surface area contributed by atoms with E-state index >= 15 is 0 Å². The molecule has 78 valence electrons. The molecule has 13 heavy (non-hydrogen) atoms. The van der Waals surface area contributed by atoms with Gasteiger partial charge in [0, 0.05) is 13.7 Å². The number of carbonyl (C=O) groups excluding carboxylic acids is 1. The van der Waals surface area contributed by atoms with Crippen LogP contribution in [-0.2, 0) is 19.0 Å². The van der Waals surface area contributed by atoms with Gasteiger partial charge in [-0.05, 0) is 13.3 Å². The molecule has 1 unspecified atom stereocenters. The van der Waals surface area contributed by atoms with Crippen LogP contribution in [0.15, 0.2) is 0 Å². The average molecular weight is 190 g/mol. The first-order valence-corrected chi connectivity index (χ1v) is 4.57. The van der Waals surface area contributed by atoms with Gasteiger partial charge in [0.1, 0.15) is 0 Å². The molecule has 0 aromatic carbocycles. The third kappa shape index (κ3) is 5.60. The number of unbranched alkanes of at least 4 members (excludes halogenated alkanes) is 1. The maximum absolute atomic E-state index is 11.2. The molecule has 0 N–H and O–H groups in total. The Hall–Kier alpha value is -0.610. The minimum atomic E-state index is -0.873. The minimum absolute atomic E-state index is 0.432. The third-order valence-electron chi connectivity index (χ3n) is 1.47. The molecule has 0 fully saturated rings. The van der Waals surface area contributed by atoms with Gasteiger partial charge in [-0.15, -0.1) is 0 Å². The first-order valence-electron chi connectivity index (χ1n) is 4.57. The summed E-state index contributed by atoms with van der Waals surface area (Å²) in [6.07, 6.45) is 0.996. The summed E-state index contributed by atoms with van der Waals surface area (Å²) in [7, 11) is 1.42. The molecule has 1 atom stereocenters. The Kier molecular flexibility index (Phi) is 7.63. The van der Waals surface area contributed by atoms with Crippen LogP contribution < -0.4 is 0 Å². The van der Waals surface area contributed by atoms with Crippen molar-refractivity contribution in [2.45, 2.75) is 33.0 Å². The average Bonchev–Trinajstić information content (AvgIpc) is 2.14. The summed E-state index contributed by atoms with van der Waals surface area (Å²) < 4.78 is 14.7. The number of carbonyl (C=O) groups is 1. The zero-order valence-corrected chi connectivity index (χ0v) is 8.54. The highest BCUT2D eigenvalue weighted by molar-refractivity contribution is 5.73. The van der Waals surface area contributed by atoms with Crippen molar-refractivity contribution in [1.29, 1.82) is 0 Å². The predicted molar refractivity (Wildman–Crippen MR) is 48.3 cm³/mol. The van der Waals surface area contributed by atoms with Crippen molar-refractivity contribution in [2.24, 2.45) is 0 Å². The summed E-state index contributed by atoms with van der Waals surface area (Å²) in [6.45, 7) is 4.69. The topological polar surface area (TPSA) is 44.8 Å². The van der Waals surface area contributed by atoms with E-state index in [4.69, 9.17) is 14.2 Å². The van der Waals surface area contributed by atoms with Crippen molar-refractivity contribution >= 4 is 5.97 Å². The van der Waals surface area contributed by atoms with Crippen LogP contribution in [0.1, 0.15) is 26.7 Å². The second-order valence-electron chi connectivity index (χ2n) is 2.54. The van der Waals surface area contributed by atoms with E-state index in [1.165, 1.54) is 7.11 Å². The lowest BCUT2D eigenvalue weighted by molar-refractivity contribution is -0.188. The molecule has 0 rings (SSSR count). The zero-order valence-electron chi connectivity index (χ0n) is 8.54. The number of hydrogen-bond donors (Lipinski definition) is 0. The van der Waals surface area contributed by atoms with E-state index in [2.05, 4.69) is 0 Å². The van der Waals surface area contributed by atoms with Crippen LogP contribution in [-0.4, -0.2) is 32.6 Å². The van der Waals surface area contributed by atoms with Crippen molar-refractivity contribution in [1.82, 2.24) is 0 Å². The molecular weight excluding hydrogens is 172 g/mol. The fourth-order valence-electron chi connectivity index (χ4n) is 0.769. The summed E-state index contributed by atoms with van der Waals surface area (Å²) in [4.78, 5) is 11.2. The second-order valence-corrected chi connectivity index (χ2v) is 2.54. The molecule has 0 aromatic heterocycles. The van der Waals surface area contributed by atoms with E-state index in [9.17, 15) is 4.79 Å². The van der Waals surface area contributed by atoms with E-state index in [-0.39, 0.29) is 0 Å². The van der Waals surface area contributed by atoms with Crippen LogP contribution in [0.25, 0.3) is 0 Å². The van der Waals surface area contributed by atoms with Gasteiger partial charge < -0.3 is 14.2 Å². The lowest BCUT2D eigenvalue weighted by atomic mass is 10.4. The van der Waals surface area contributed by atoms with Crippen LogP contribution in [0.3, 0.4) is 0 Å². The molecule has 0 amide bonds. The molecule has 0 aliphatic carbocycles. The van der Waals surface area contributed by atoms with Crippen LogP contribution in [0.5, 0.6) is 0 Å². The van der Waals surface area contributed by atoms with Crippen LogP contribution >= 0.6 is 0 Å². The molecule has 0 heterocycles. The zero-order chi connectivity index (χ0) is 10.1. The fourth-order valence-corrected chi connectivity index (χ4v) is 0.769. The van der Waals surface area contributed by atoms with E-state index in [0.717, 1.165) is 12.8 Å². The van der Waals surface area contributed by atoms with Gasteiger partial charge in [-0.3, -0.25) is 0 Å². The van der Waals surface area contributed by atoms with E-state index in [1.54, 1.807) is 6.92 Å². The van der Waals surface area contributed by atoms with Crippen LogP contribution in [0, 0.1) is 0 Å². The molecule has 0 aromatic rings. The lowest BCUT2D eigenvalue weighted by Gasteiger charge is -2.13. The van der Waals surface area contributed by atoms with Gasteiger partial charge in [-0.2, -0.15) is 0 Å². The maximum Gasteiger partial charge on any atom is 0.363 e. The molecule has 0 spiro atoms. The molecule has 4 nitrogen and oxygen atoms in total. The largest absolute Gasteiger partial charge is 0.462 e. The molecule has 0 aliphatic rings. The Bertz CT molecular complexity index is 136. The Labute approximate surface area is 79.2 Å². The quantitative estimate of drug-likeness (QED) is 0.345. The van der Waals surface area contributed by atoms with Crippen molar-refractivity contribution in [3.8, 4) is 0 Å². The van der Waals surface area contributed by atoms with Crippen molar-refractivity contribution in [3.05, 3.63) is 0 Å². The van der Waals surface area contributed by atoms with Gasteiger partial charge in [0.25, 0.3) is 6.29 Å². The standard InChI is InChI=1S/C9H18O4/c1-4-6-7-13-8(10)9(11-3)12-5-2/h9H,4-7H2,1-3H3. The number of rotatable bonds is 7. The van der Waals surface area contributed by atoms with Gasteiger partial charge in [-0.1, -0.05) is 13.3 Å².